The van der Waals surface area contributed by atoms with Gasteiger partial charge in [0.25, 0.3) is 0 Å². The molecule has 0 saturated carbocycles. The molecule has 0 saturated heterocycles. The normalized spacial score (nSPS) is 10.4. The molecule has 0 fully saturated rings. The van der Waals surface area contributed by atoms with Gasteiger partial charge in [-0.2, -0.15) is 5.10 Å². The zero-order valence-corrected chi connectivity index (χ0v) is 10.7. The van der Waals surface area contributed by atoms with E-state index < -0.39 is 5.97 Å². The Bertz CT molecular complexity index is 555. The minimum Gasteiger partial charge on any atom is -0.478 e. The molecular weight excluding hydrogens is 344 g/mol. The minimum atomic E-state index is -1.03. The van der Waals surface area contributed by atoms with E-state index in [1.54, 1.807) is 12.3 Å². The van der Waals surface area contributed by atoms with Crippen molar-refractivity contribution in [2.75, 3.05) is 0 Å². The first kappa shape index (κ1) is 11.3. The van der Waals surface area contributed by atoms with Gasteiger partial charge in [-0.15, -0.1) is 0 Å². The molecule has 0 amide bonds. The number of carboxylic acid groups (broad SMARTS) is 1. The molecule has 1 N–H and O–H groups in total. The van der Waals surface area contributed by atoms with Gasteiger partial charge in [0.2, 0.25) is 0 Å². The fourth-order valence-electron chi connectivity index (χ4n) is 1.12. The molecule has 0 radical (unpaired) electrons. The number of nitrogens with zero attached hydrogens (tertiary/aromatic N) is 3. The first-order chi connectivity index (χ1) is 7.59. The molecule has 0 unspecified atom stereocenters. The molecule has 0 aliphatic heterocycles. The van der Waals surface area contributed by atoms with Gasteiger partial charge in [0, 0.05) is 16.0 Å². The van der Waals surface area contributed by atoms with E-state index in [9.17, 15) is 4.79 Å². The topological polar surface area (TPSA) is 68.0 Å². The highest BCUT2D eigenvalue weighted by atomic mass is 127. The van der Waals surface area contributed by atoms with Crippen molar-refractivity contribution in [1.29, 1.82) is 0 Å². The van der Waals surface area contributed by atoms with E-state index in [-0.39, 0.29) is 5.56 Å². The molecule has 2 rings (SSSR count). The molecule has 5 nitrogen and oxygen atoms in total. The van der Waals surface area contributed by atoms with Crippen LogP contribution in [0.4, 0.5) is 0 Å². The second-order valence-corrected chi connectivity index (χ2v) is 4.45. The number of rotatable bonds is 2. The highest BCUT2D eigenvalue weighted by Crippen LogP contribution is 2.23. The molecule has 2 aromatic heterocycles. The fraction of sp³-hybridized carbons (Fsp3) is 0. The molecule has 0 atom stereocenters. The number of aromatic carboxylic acids is 1. The monoisotopic (exact) mass is 349 g/mol. The minimum absolute atomic E-state index is 0.0942. The Morgan fingerprint density at radius 3 is 2.94 bits per heavy atom. The number of aromatic nitrogens is 3. The van der Waals surface area contributed by atoms with E-state index in [0.29, 0.717) is 10.8 Å². The van der Waals surface area contributed by atoms with Crippen molar-refractivity contribution in [2.45, 2.75) is 0 Å². The fourth-order valence-corrected chi connectivity index (χ4v) is 1.72. The largest absolute Gasteiger partial charge is 0.478 e. The van der Waals surface area contributed by atoms with Gasteiger partial charge in [0.1, 0.15) is 0 Å². The standard InChI is InChI=1S/C9H5ClIN3O2/c10-7-6(11)1-2-12-8(7)14-4-5(3-13-14)9(15)16/h1-4H,(H,15,16). The smallest absolute Gasteiger partial charge is 0.338 e. The molecule has 7 heteroatoms. The van der Waals surface area contributed by atoms with Gasteiger partial charge in [0.15, 0.2) is 5.82 Å². The van der Waals surface area contributed by atoms with Crippen molar-refractivity contribution in [3.8, 4) is 5.82 Å². The van der Waals surface area contributed by atoms with E-state index in [4.69, 9.17) is 16.7 Å². The van der Waals surface area contributed by atoms with Crippen LogP contribution in [-0.2, 0) is 0 Å². The first-order valence-corrected chi connectivity index (χ1v) is 5.63. The predicted octanol–water partition coefficient (Wildman–Crippen LogP) is 2.22. The zero-order valence-electron chi connectivity index (χ0n) is 7.76. The highest BCUT2D eigenvalue weighted by Gasteiger charge is 2.11. The van der Waals surface area contributed by atoms with Gasteiger partial charge in [-0.3, -0.25) is 0 Å². The van der Waals surface area contributed by atoms with Crippen molar-refractivity contribution in [3.63, 3.8) is 0 Å². The van der Waals surface area contributed by atoms with Crippen molar-refractivity contribution in [1.82, 2.24) is 14.8 Å². The number of hydrogen-bond acceptors (Lipinski definition) is 3. The Labute approximate surface area is 109 Å². The van der Waals surface area contributed by atoms with Gasteiger partial charge >= 0.3 is 5.97 Å². The molecule has 82 valence electrons. The van der Waals surface area contributed by atoms with Crippen LogP contribution in [0.25, 0.3) is 5.82 Å². The summed E-state index contributed by atoms with van der Waals surface area (Å²) in [6.45, 7) is 0. The number of carbonyl (C=O) groups is 1. The lowest BCUT2D eigenvalue weighted by Gasteiger charge is -2.03. The van der Waals surface area contributed by atoms with Crippen LogP contribution in [0.5, 0.6) is 0 Å². The summed E-state index contributed by atoms with van der Waals surface area (Å²) in [6.07, 6.45) is 4.21. The van der Waals surface area contributed by atoms with Crippen LogP contribution in [0, 0.1) is 3.57 Å². The SMILES string of the molecule is O=C(O)c1cnn(-c2nccc(I)c2Cl)c1. The molecule has 16 heavy (non-hydrogen) atoms. The van der Waals surface area contributed by atoms with Gasteiger partial charge in [-0.05, 0) is 28.7 Å². The van der Waals surface area contributed by atoms with Crippen LogP contribution >= 0.6 is 34.2 Å². The van der Waals surface area contributed by atoms with Crippen LogP contribution in [0.15, 0.2) is 24.7 Å². The van der Waals surface area contributed by atoms with E-state index in [2.05, 4.69) is 32.7 Å². The van der Waals surface area contributed by atoms with Gasteiger partial charge in [0.05, 0.1) is 16.8 Å². The van der Waals surface area contributed by atoms with Gasteiger partial charge in [-0.1, -0.05) is 11.6 Å². The van der Waals surface area contributed by atoms with Crippen molar-refractivity contribution >= 4 is 40.2 Å². The number of pyridine rings is 1. The second kappa shape index (κ2) is 4.38. The summed E-state index contributed by atoms with van der Waals surface area (Å²) in [5, 5.41) is 13.1. The number of carboxylic acids is 1. The maximum atomic E-state index is 10.7. The Hall–Kier alpha value is -1.15. The summed E-state index contributed by atoms with van der Waals surface area (Å²) in [6, 6.07) is 1.76. The van der Waals surface area contributed by atoms with E-state index in [1.807, 2.05) is 0 Å². The Kier molecular flexibility index (Phi) is 3.10. The average molecular weight is 350 g/mol. The van der Waals surface area contributed by atoms with Crippen LogP contribution in [-0.4, -0.2) is 25.8 Å². The number of hydrogen-bond donors (Lipinski definition) is 1. The van der Waals surface area contributed by atoms with Crippen LogP contribution in [0.1, 0.15) is 10.4 Å². The van der Waals surface area contributed by atoms with Gasteiger partial charge in [-0.25, -0.2) is 14.5 Å². The van der Waals surface area contributed by atoms with E-state index in [1.165, 1.54) is 17.1 Å². The predicted molar refractivity (Wildman–Crippen MR) is 66.0 cm³/mol. The molecule has 2 heterocycles. The second-order valence-electron chi connectivity index (χ2n) is 2.91. The molecule has 0 aromatic carbocycles. The van der Waals surface area contributed by atoms with Crippen LogP contribution < -0.4 is 0 Å². The summed E-state index contributed by atoms with van der Waals surface area (Å²) < 4.78 is 2.17. The molecule has 0 aliphatic rings. The lowest BCUT2D eigenvalue weighted by molar-refractivity contribution is 0.0697. The molecule has 0 bridgehead atoms. The lowest BCUT2D eigenvalue weighted by Crippen LogP contribution is -2.00. The van der Waals surface area contributed by atoms with Crippen molar-refractivity contribution < 1.29 is 9.90 Å². The Balaban J connectivity index is 2.50. The molecule has 2 aromatic rings. The summed E-state index contributed by atoms with van der Waals surface area (Å²) in [5.74, 6) is -0.617. The van der Waals surface area contributed by atoms with E-state index in [0.717, 1.165) is 3.57 Å². The summed E-state index contributed by atoms with van der Waals surface area (Å²) in [4.78, 5) is 14.7. The third-order valence-corrected chi connectivity index (χ3v) is 3.46. The van der Waals surface area contributed by atoms with Crippen LogP contribution in [0.3, 0.4) is 0 Å². The third-order valence-electron chi connectivity index (χ3n) is 1.87. The summed E-state index contributed by atoms with van der Waals surface area (Å²) >= 11 is 8.11. The quantitative estimate of drug-likeness (QED) is 0.844. The molecule has 0 spiro atoms. The van der Waals surface area contributed by atoms with Crippen molar-refractivity contribution in [3.05, 3.63) is 38.8 Å². The first-order valence-electron chi connectivity index (χ1n) is 4.18. The highest BCUT2D eigenvalue weighted by molar-refractivity contribution is 14.1. The maximum Gasteiger partial charge on any atom is 0.338 e. The maximum absolute atomic E-state index is 10.7. The van der Waals surface area contributed by atoms with Crippen molar-refractivity contribution in [2.24, 2.45) is 0 Å². The molecular formula is C9H5ClIN3O2. The van der Waals surface area contributed by atoms with E-state index >= 15 is 0 Å². The zero-order chi connectivity index (χ0) is 11.7. The molecule has 0 aliphatic carbocycles. The Morgan fingerprint density at radius 2 is 2.31 bits per heavy atom. The Morgan fingerprint density at radius 1 is 1.56 bits per heavy atom. The van der Waals surface area contributed by atoms with Crippen LogP contribution in [0.2, 0.25) is 5.02 Å². The average Bonchev–Trinajstić information content (AvgIpc) is 2.71. The summed E-state index contributed by atoms with van der Waals surface area (Å²) in [7, 11) is 0. The summed E-state index contributed by atoms with van der Waals surface area (Å²) in [5.41, 5.74) is 0.0942. The third kappa shape index (κ3) is 2.03. The lowest BCUT2D eigenvalue weighted by atomic mass is 10.4. The number of halogens is 2. The van der Waals surface area contributed by atoms with Gasteiger partial charge < -0.3 is 5.11 Å².